The highest BCUT2D eigenvalue weighted by Crippen LogP contribution is 2.22. The molecule has 1 aliphatic rings. The Morgan fingerprint density at radius 1 is 1.30 bits per heavy atom. The monoisotopic (exact) mass is 391 g/mol. The molecule has 1 unspecified atom stereocenters. The summed E-state index contributed by atoms with van der Waals surface area (Å²) >= 11 is 5.87. The lowest BCUT2D eigenvalue weighted by Crippen LogP contribution is -2.40. The number of carbonyl (C=O) groups is 2. The minimum Gasteiger partial charge on any atom is -0.444 e. The van der Waals surface area contributed by atoms with Gasteiger partial charge in [0.05, 0.1) is 0 Å². The SMILES string of the molecule is CC(C)(C)OC(=O)N1CCC(NC(=O)c2cc(-c3ccc(Cl)cc3)no2)C1. The number of amides is 2. The van der Waals surface area contributed by atoms with Crippen LogP contribution in [0.4, 0.5) is 4.79 Å². The summed E-state index contributed by atoms with van der Waals surface area (Å²) in [6, 6.07) is 8.52. The molecule has 1 saturated heterocycles. The Balaban J connectivity index is 1.57. The largest absolute Gasteiger partial charge is 0.444 e. The van der Waals surface area contributed by atoms with Crippen LogP contribution >= 0.6 is 11.6 Å². The highest BCUT2D eigenvalue weighted by Gasteiger charge is 2.31. The molecule has 3 rings (SSSR count). The zero-order chi connectivity index (χ0) is 19.6. The molecule has 1 N–H and O–H groups in total. The Hall–Kier alpha value is -2.54. The highest BCUT2D eigenvalue weighted by atomic mass is 35.5. The number of carbonyl (C=O) groups excluding carboxylic acids is 2. The molecule has 2 heterocycles. The van der Waals surface area contributed by atoms with E-state index in [-0.39, 0.29) is 23.8 Å². The van der Waals surface area contributed by atoms with Gasteiger partial charge in [-0.25, -0.2) is 4.79 Å². The second-order valence-corrected chi connectivity index (χ2v) is 7.91. The van der Waals surface area contributed by atoms with Gasteiger partial charge in [-0.3, -0.25) is 4.79 Å². The van der Waals surface area contributed by atoms with E-state index in [4.69, 9.17) is 20.9 Å². The first-order valence-electron chi connectivity index (χ1n) is 8.73. The van der Waals surface area contributed by atoms with Crippen molar-refractivity contribution in [2.75, 3.05) is 13.1 Å². The smallest absolute Gasteiger partial charge is 0.410 e. The lowest BCUT2D eigenvalue weighted by Gasteiger charge is -2.24. The maximum atomic E-state index is 12.4. The van der Waals surface area contributed by atoms with Crippen LogP contribution in [0, 0.1) is 0 Å². The molecule has 0 bridgehead atoms. The number of hydrogen-bond donors (Lipinski definition) is 1. The van der Waals surface area contributed by atoms with E-state index in [0.29, 0.717) is 30.2 Å². The summed E-state index contributed by atoms with van der Waals surface area (Å²) in [5.41, 5.74) is 0.814. The number of benzene rings is 1. The number of ether oxygens (including phenoxy) is 1. The highest BCUT2D eigenvalue weighted by molar-refractivity contribution is 6.30. The zero-order valence-electron chi connectivity index (χ0n) is 15.5. The predicted molar refractivity (Wildman–Crippen MR) is 101 cm³/mol. The maximum absolute atomic E-state index is 12.4. The van der Waals surface area contributed by atoms with Gasteiger partial charge in [-0.05, 0) is 39.3 Å². The van der Waals surface area contributed by atoms with Crippen molar-refractivity contribution in [1.29, 1.82) is 0 Å². The molecule has 0 radical (unpaired) electrons. The maximum Gasteiger partial charge on any atom is 0.410 e. The molecule has 7 nitrogen and oxygen atoms in total. The third kappa shape index (κ3) is 5.01. The molecule has 144 valence electrons. The first kappa shape index (κ1) is 19.2. The molecule has 1 aromatic heterocycles. The van der Waals surface area contributed by atoms with Crippen LogP contribution in [0.25, 0.3) is 11.3 Å². The van der Waals surface area contributed by atoms with Crippen LogP contribution < -0.4 is 5.32 Å². The third-order valence-electron chi connectivity index (χ3n) is 4.05. The molecule has 1 fully saturated rings. The van der Waals surface area contributed by atoms with Crippen molar-refractivity contribution in [3.8, 4) is 11.3 Å². The normalized spacial score (nSPS) is 17.0. The molecule has 2 aromatic rings. The van der Waals surface area contributed by atoms with E-state index in [1.54, 1.807) is 35.2 Å². The van der Waals surface area contributed by atoms with E-state index in [2.05, 4.69) is 10.5 Å². The predicted octanol–water partition coefficient (Wildman–Crippen LogP) is 3.73. The number of nitrogens with one attached hydrogen (secondary N) is 1. The minimum atomic E-state index is -0.545. The number of rotatable bonds is 3. The summed E-state index contributed by atoms with van der Waals surface area (Å²) in [5, 5.41) is 7.43. The standard InChI is InChI=1S/C19H22ClN3O4/c1-19(2,3)26-18(25)23-9-8-14(11-23)21-17(24)16-10-15(22-27-16)12-4-6-13(20)7-5-12/h4-7,10,14H,8-9,11H2,1-3H3,(H,21,24). The Kier molecular flexibility index (Phi) is 5.41. The van der Waals surface area contributed by atoms with Gasteiger partial charge >= 0.3 is 6.09 Å². The van der Waals surface area contributed by atoms with Crippen LogP contribution in [0.2, 0.25) is 5.02 Å². The molecule has 2 amide bonds. The average molecular weight is 392 g/mol. The van der Waals surface area contributed by atoms with E-state index < -0.39 is 5.60 Å². The third-order valence-corrected chi connectivity index (χ3v) is 4.30. The molecule has 1 aliphatic heterocycles. The molecule has 1 aromatic carbocycles. The molecular formula is C19H22ClN3O4. The van der Waals surface area contributed by atoms with E-state index in [0.717, 1.165) is 5.56 Å². The van der Waals surface area contributed by atoms with Crippen molar-refractivity contribution in [2.24, 2.45) is 0 Å². The van der Waals surface area contributed by atoms with Crippen molar-refractivity contribution in [2.45, 2.75) is 38.8 Å². The Morgan fingerprint density at radius 2 is 2.00 bits per heavy atom. The fourth-order valence-corrected chi connectivity index (χ4v) is 2.89. The number of halogens is 1. The number of hydrogen-bond acceptors (Lipinski definition) is 5. The molecule has 0 saturated carbocycles. The number of likely N-dealkylation sites (tertiary alicyclic amines) is 1. The molecule has 0 aliphatic carbocycles. The summed E-state index contributed by atoms with van der Waals surface area (Å²) in [7, 11) is 0. The summed E-state index contributed by atoms with van der Waals surface area (Å²) in [4.78, 5) is 26.1. The van der Waals surface area contributed by atoms with Gasteiger partial charge in [0.1, 0.15) is 11.3 Å². The van der Waals surface area contributed by atoms with Gasteiger partial charge < -0.3 is 19.5 Å². The van der Waals surface area contributed by atoms with E-state index >= 15 is 0 Å². The summed E-state index contributed by atoms with van der Waals surface area (Å²) in [6.45, 7) is 6.40. The molecule has 0 spiro atoms. The van der Waals surface area contributed by atoms with Crippen LogP contribution in [0.15, 0.2) is 34.9 Å². The van der Waals surface area contributed by atoms with Gasteiger partial charge in [0.15, 0.2) is 0 Å². The second-order valence-electron chi connectivity index (χ2n) is 7.47. The van der Waals surface area contributed by atoms with Gasteiger partial charge in [-0.15, -0.1) is 0 Å². The van der Waals surface area contributed by atoms with Crippen molar-refractivity contribution in [1.82, 2.24) is 15.4 Å². The summed E-state index contributed by atoms with van der Waals surface area (Å²) < 4.78 is 10.5. The number of aromatic nitrogens is 1. The van der Waals surface area contributed by atoms with Gasteiger partial charge in [0.2, 0.25) is 5.76 Å². The first-order chi connectivity index (χ1) is 12.7. The lowest BCUT2D eigenvalue weighted by atomic mass is 10.1. The van der Waals surface area contributed by atoms with Crippen LogP contribution in [-0.4, -0.2) is 46.8 Å². The Bertz CT molecular complexity index is 826. The molecule has 27 heavy (non-hydrogen) atoms. The second kappa shape index (κ2) is 7.60. The van der Waals surface area contributed by atoms with Gasteiger partial charge in [-0.1, -0.05) is 28.9 Å². The van der Waals surface area contributed by atoms with E-state index in [1.165, 1.54) is 0 Å². The Morgan fingerprint density at radius 3 is 2.67 bits per heavy atom. The lowest BCUT2D eigenvalue weighted by molar-refractivity contribution is 0.0290. The van der Waals surface area contributed by atoms with Crippen molar-refractivity contribution in [3.05, 3.63) is 41.1 Å². The van der Waals surface area contributed by atoms with Crippen LogP contribution in [-0.2, 0) is 4.74 Å². The topological polar surface area (TPSA) is 84.7 Å². The van der Waals surface area contributed by atoms with E-state index in [9.17, 15) is 9.59 Å². The minimum absolute atomic E-state index is 0.121. The Labute approximate surface area is 162 Å². The quantitative estimate of drug-likeness (QED) is 0.861. The van der Waals surface area contributed by atoms with Crippen LogP contribution in [0.5, 0.6) is 0 Å². The van der Waals surface area contributed by atoms with E-state index in [1.807, 2.05) is 20.8 Å². The van der Waals surface area contributed by atoms with Gasteiger partial charge in [0, 0.05) is 35.8 Å². The number of nitrogens with zero attached hydrogens (tertiary/aromatic N) is 2. The van der Waals surface area contributed by atoms with Crippen molar-refractivity contribution in [3.63, 3.8) is 0 Å². The summed E-state index contributed by atoms with van der Waals surface area (Å²) in [5.74, 6) is -0.241. The fraction of sp³-hybridized carbons (Fsp3) is 0.421. The average Bonchev–Trinajstić information content (AvgIpc) is 3.23. The van der Waals surface area contributed by atoms with Crippen molar-refractivity contribution < 1.29 is 18.8 Å². The molecule has 8 heteroatoms. The molecule has 1 atom stereocenters. The zero-order valence-corrected chi connectivity index (χ0v) is 16.2. The van der Waals surface area contributed by atoms with Gasteiger partial charge in [-0.2, -0.15) is 0 Å². The summed E-state index contributed by atoms with van der Waals surface area (Å²) in [6.07, 6.45) is 0.285. The first-order valence-corrected chi connectivity index (χ1v) is 9.10. The van der Waals surface area contributed by atoms with Gasteiger partial charge in [0.25, 0.3) is 5.91 Å². The van der Waals surface area contributed by atoms with Crippen LogP contribution in [0.1, 0.15) is 37.7 Å². The van der Waals surface area contributed by atoms with Crippen LogP contribution in [0.3, 0.4) is 0 Å². The molecular weight excluding hydrogens is 370 g/mol. The van der Waals surface area contributed by atoms with Crippen molar-refractivity contribution >= 4 is 23.6 Å². The fourth-order valence-electron chi connectivity index (χ4n) is 2.77.